The number of aliphatic imine (C=N–C) groups is 1. The van der Waals surface area contributed by atoms with Gasteiger partial charge >= 0.3 is 12.2 Å². The van der Waals surface area contributed by atoms with Crippen LogP contribution in [0.15, 0.2) is 64.2 Å². The fourth-order valence-electron chi connectivity index (χ4n) is 4.12. The molecular formula is C32H44N6O6. The van der Waals surface area contributed by atoms with Gasteiger partial charge in [0.25, 0.3) is 5.56 Å². The lowest BCUT2D eigenvalue weighted by Gasteiger charge is -2.22. The van der Waals surface area contributed by atoms with Crippen molar-refractivity contribution >= 4 is 18.1 Å². The number of hydrogen-bond acceptors (Lipinski definition) is 9. The van der Waals surface area contributed by atoms with Crippen molar-refractivity contribution in [2.24, 2.45) is 4.99 Å². The fraction of sp³-hybridized carbons (Fsp3) is 0.469. The zero-order valence-corrected chi connectivity index (χ0v) is 26.6. The summed E-state index contributed by atoms with van der Waals surface area (Å²) in [4.78, 5) is 49.4. The Kier molecular flexibility index (Phi) is 11.9. The Morgan fingerprint density at radius 2 is 1.59 bits per heavy atom. The van der Waals surface area contributed by atoms with Crippen LogP contribution in [0.1, 0.15) is 70.6 Å². The van der Waals surface area contributed by atoms with Crippen molar-refractivity contribution in [2.75, 3.05) is 6.61 Å². The molecule has 0 radical (unpaired) electrons. The van der Waals surface area contributed by atoms with Crippen LogP contribution in [-0.2, 0) is 33.5 Å². The molecule has 0 saturated heterocycles. The van der Waals surface area contributed by atoms with Crippen LogP contribution >= 0.6 is 0 Å². The SMILES string of the molecule is Cc1nc(CCCOC2C=C(N=C(NC(=O)OC(C)(C)C)NC(=O)OC(C)(C)C)C=CN2)[nH]c(=O)c1CCc1ccccc1. The van der Waals surface area contributed by atoms with E-state index in [2.05, 4.69) is 30.9 Å². The van der Waals surface area contributed by atoms with Gasteiger partial charge in [-0.15, -0.1) is 0 Å². The number of carbonyl (C=O) groups excluding carboxylic acids is 2. The summed E-state index contributed by atoms with van der Waals surface area (Å²) in [5, 5.41) is 7.99. The fourth-order valence-corrected chi connectivity index (χ4v) is 4.12. The largest absolute Gasteiger partial charge is 0.444 e. The molecule has 0 bridgehead atoms. The molecule has 2 heterocycles. The summed E-state index contributed by atoms with van der Waals surface area (Å²) < 4.78 is 16.5. The van der Waals surface area contributed by atoms with Crippen molar-refractivity contribution in [1.82, 2.24) is 25.9 Å². The third-order valence-electron chi connectivity index (χ3n) is 5.95. The minimum Gasteiger partial charge on any atom is -0.444 e. The number of aryl methyl sites for hydroxylation is 3. The molecule has 1 unspecified atom stereocenters. The molecule has 1 atom stereocenters. The smallest absolute Gasteiger partial charge is 0.414 e. The van der Waals surface area contributed by atoms with Crippen molar-refractivity contribution in [1.29, 1.82) is 0 Å². The molecule has 1 aromatic heterocycles. The highest BCUT2D eigenvalue weighted by atomic mass is 16.6. The first-order chi connectivity index (χ1) is 20.7. The Morgan fingerprint density at radius 3 is 2.18 bits per heavy atom. The van der Waals surface area contributed by atoms with Crippen LogP contribution in [0.5, 0.6) is 0 Å². The molecule has 3 rings (SSSR count). The number of amides is 2. The number of carbonyl (C=O) groups is 2. The monoisotopic (exact) mass is 608 g/mol. The second-order valence-corrected chi connectivity index (χ2v) is 12.3. The van der Waals surface area contributed by atoms with E-state index in [-0.39, 0.29) is 11.5 Å². The maximum absolute atomic E-state index is 12.7. The number of alkyl carbamates (subject to hydrolysis) is 2. The molecule has 0 spiro atoms. The predicted molar refractivity (Wildman–Crippen MR) is 168 cm³/mol. The summed E-state index contributed by atoms with van der Waals surface area (Å²) in [6.45, 7) is 12.6. The van der Waals surface area contributed by atoms with E-state index in [0.29, 0.717) is 43.0 Å². The number of aromatic amines is 1. The molecule has 0 aliphatic carbocycles. The molecule has 1 aliphatic heterocycles. The van der Waals surface area contributed by atoms with Gasteiger partial charge in [-0.1, -0.05) is 30.3 Å². The van der Waals surface area contributed by atoms with Crippen LogP contribution in [-0.4, -0.2) is 52.2 Å². The van der Waals surface area contributed by atoms with Gasteiger partial charge in [0.15, 0.2) is 0 Å². The van der Waals surface area contributed by atoms with Crippen LogP contribution in [0, 0.1) is 6.92 Å². The Hall–Kier alpha value is -4.45. The quantitative estimate of drug-likeness (QED) is 0.184. The van der Waals surface area contributed by atoms with E-state index < -0.39 is 29.6 Å². The molecule has 12 nitrogen and oxygen atoms in total. The summed E-state index contributed by atoms with van der Waals surface area (Å²) in [5.74, 6) is 0.450. The third kappa shape index (κ3) is 12.4. The predicted octanol–water partition coefficient (Wildman–Crippen LogP) is 4.55. The first-order valence-electron chi connectivity index (χ1n) is 14.6. The van der Waals surface area contributed by atoms with E-state index in [1.807, 2.05) is 37.3 Å². The molecule has 12 heteroatoms. The van der Waals surface area contributed by atoms with E-state index in [9.17, 15) is 14.4 Å². The maximum Gasteiger partial charge on any atom is 0.414 e. The lowest BCUT2D eigenvalue weighted by Crippen LogP contribution is -2.47. The minimum absolute atomic E-state index is 0.107. The summed E-state index contributed by atoms with van der Waals surface area (Å²) in [7, 11) is 0. The zero-order chi connectivity index (χ0) is 32.3. The van der Waals surface area contributed by atoms with Gasteiger partial charge in [0, 0.05) is 30.5 Å². The Bertz CT molecular complexity index is 1400. The van der Waals surface area contributed by atoms with Crippen LogP contribution in [0.2, 0.25) is 0 Å². The lowest BCUT2D eigenvalue weighted by molar-refractivity contribution is 0.0545. The van der Waals surface area contributed by atoms with Crippen LogP contribution in [0.3, 0.4) is 0 Å². The van der Waals surface area contributed by atoms with Gasteiger partial charge in [-0.3, -0.25) is 15.4 Å². The van der Waals surface area contributed by atoms with Crippen LogP contribution in [0.25, 0.3) is 0 Å². The number of dihydropyridines is 1. The summed E-state index contributed by atoms with van der Waals surface area (Å²) >= 11 is 0. The first kappa shape index (κ1) is 34.0. The minimum atomic E-state index is -0.787. The molecule has 238 valence electrons. The van der Waals surface area contributed by atoms with Crippen molar-refractivity contribution < 1.29 is 23.8 Å². The van der Waals surface area contributed by atoms with Crippen LogP contribution in [0.4, 0.5) is 9.59 Å². The second kappa shape index (κ2) is 15.3. The number of benzene rings is 1. The van der Waals surface area contributed by atoms with E-state index >= 15 is 0 Å². The summed E-state index contributed by atoms with van der Waals surface area (Å²) in [5.41, 5.74) is 1.43. The van der Waals surface area contributed by atoms with Crippen LogP contribution < -0.4 is 21.5 Å². The number of aromatic nitrogens is 2. The van der Waals surface area contributed by atoms with Gasteiger partial charge in [0.05, 0.1) is 5.70 Å². The molecule has 44 heavy (non-hydrogen) atoms. The normalized spacial score (nSPS) is 14.6. The van der Waals surface area contributed by atoms with Gasteiger partial charge in [-0.25, -0.2) is 19.6 Å². The Morgan fingerprint density at radius 1 is 0.955 bits per heavy atom. The number of guanidine groups is 1. The Balaban J connectivity index is 1.57. The second-order valence-electron chi connectivity index (χ2n) is 12.3. The number of nitrogens with zero attached hydrogens (tertiary/aromatic N) is 2. The number of hydrogen-bond donors (Lipinski definition) is 4. The number of nitrogens with one attached hydrogen (secondary N) is 4. The van der Waals surface area contributed by atoms with E-state index in [0.717, 1.165) is 12.1 Å². The van der Waals surface area contributed by atoms with Gasteiger partial charge in [0.2, 0.25) is 5.96 Å². The molecule has 0 fully saturated rings. The molecule has 1 aliphatic rings. The standard InChI is InChI=1S/C32H44N6O6/c1-21-24(16-15-22-12-9-8-10-13-22)27(39)36-25(34-21)14-11-19-42-26-20-23(17-18-33-26)35-28(37-29(40)43-31(2,3)4)38-30(41)44-32(5,6)7/h8-10,12-13,17-18,20,26,33H,11,14-16,19H2,1-7H3,(H,34,36,39)(H2,35,37,38,40,41). The number of H-pyrrole nitrogens is 1. The molecule has 2 amide bonds. The van der Waals surface area contributed by atoms with Crippen molar-refractivity contribution in [3.05, 3.63) is 87.4 Å². The van der Waals surface area contributed by atoms with Gasteiger partial charge in [-0.2, -0.15) is 0 Å². The number of rotatable bonds is 9. The highest BCUT2D eigenvalue weighted by Crippen LogP contribution is 2.12. The average Bonchev–Trinajstić information content (AvgIpc) is 2.89. The summed E-state index contributed by atoms with van der Waals surface area (Å²) in [6, 6.07) is 10.1. The van der Waals surface area contributed by atoms with Crippen molar-refractivity contribution in [2.45, 2.75) is 91.6 Å². The highest BCUT2D eigenvalue weighted by molar-refractivity contribution is 6.01. The lowest BCUT2D eigenvalue weighted by atomic mass is 10.0. The molecular weight excluding hydrogens is 564 g/mol. The Labute approximate surface area is 258 Å². The van der Waals surface area contributed by atoms with Gasteiger partial charge in [-0.05, 0) is 85.4 Å². The maximum atomic E-state index is 12.7. The third-order valence-corrected chi connectivity index (χ3v) is 5.95. The highest BCUT2D eigenvalue weighted by Gasteiger charge is 2.22. The first-order valence-corrected chi connectivity index (χ1v) is 14.6. The molecule has 2 aromatic rings. The van der Waals surface area contributed by atoms with Gasteiger partial charge < -0.3 is 24.5 Å². The molecule has 1 aromatic carbocycles. The van der Waals surface area contributed by atoms with Crippen molar-refractivity contribution in [3.63, 3.8) is 0 Å². The average molecular weight is 609 g/mol. The number of ether oxygens (including phenoxy) is 3. The van der Waals surface area contributed by atoms with E-state index in [1.54, 1.807) is 59.9 Å². The molecule has 0 saturated carbocycles. The van der Waals surface area contributed by atoms with Gasteiger partial charge in [0.1, 0.15) is 23.3 Å². The van der Waals surface area contributed by atoms with E-state index in [4.69, 9.17) is 14.2 Å². The number of allylic oxidation sites excluding steroid dienone is 1. The van der Waals surface area contributed by atoms with Crippen molar-refractivity contribution in [3.8, 4) is 0 Å². The van der Waals surface area contributed by atoms with E-state index in [1.165, 1.54) is 5.56 Å². The molecule has 4 N–H and O–H groups in total. The topological polar surface area (TPSA) is 156 Å². The zero-order valence-electron chi connectivity index (χ0n) is 26.6. The summed E-state index contributed by atoms with van der Waals surface area (Å²) in [6.07, 6.45) is 5.47.